The summed E-state index contributed by atoms with van der Waals surface area (Å²) < 4.78 is 16.9. The van der Waals surface area contributed by atoms with Gasteiger partial charge in [0.15, 0.2) is 6.10 Å². The molecule has 0 aromatic carbocycles. The summed E-state index contributed by atoms with van der Waals surface area (Å²) in [6, 6.07) is 0. The standard InChI is InChI=1S/C75H128O6/c1-4-7-10-13-16-19-22-25-28-31-33-35-36-37-38-40-41-44-47-50-53-56-59-62-65-68-74(77)80-71-72(70-79-73(76)67-64-61-58-55-52-49-46-43-30-27-24-21-18-15-12-9-6-3)81-75(78)69-66-63-60-57-54-51-48-45-42-39-34-32-29-26-23-20-17-14-11-8-5-2/h7,9-10,12,16,18-19,21,25,27-28,30,33,35,46,49,55,58,72H,4-6,8,11,13-15,17,20,22-24,26,29,31-32,34,36-45,47-48,50-54,56-57,59-71H2,1-3H3/b10-7-,12-9-,19-16-,21-18-,28-25-,30-27-,35-33-,49-46-,58-55-. The third-order valence-corrected chi connectivity index (χ3v) is 14.8. The molecular weight excluding hydrogens is 997 g/mol. The van der Waals surface area contributed by atoms with Gasteiger partial charge in [0.05, 0.1) is 0 Å². The van der Waals surface area contributed by atoms with Crippen LogP contribution in [0.15, 0.2) is 109 Å². The lowest BCUT2D eigenvalue weighted by Gasteiger charge is -2.18. The summed E-state index contributed by atoms with van der Waals surface area (Å²) in [5.74, 6) is -0.942. The van der Waals surface area contributed by atoms with Gasteiger partial charge in [-0.25, -0.2) is 0 Å². The Kier molecular flexibility index (Phi) is 65.2. The topological polar surface area (TPSA) is 78.9 Å². The van der Waals surface area contributed by atoms with Crippen molar-refractivity contribution in [3.05, 3.63) is 109 Å². The molecule has 0 bridgehead atoms. The molecule has 0 aliphatic rings. The minimum atomic E-state index is -0.803. The lowest BCUT2D eigenvalue weighted by atomic mass is 10.0. The molecule has 6 nitrogen and oxygen atoms in total. The largest absolute Gasteiger partial charge is 0.462 e. The summed E-state index contributed by atoms with van der Waals surface area (Å²) in [7, 11) is 0. The van der Waals surface area contributed by atoms with Gasteiger partial charge in [0.2, 0.25) is 0 Å². The maximum atomic E-state index is 13.0. The molecule has 0 rings (SSSR count). The van der Waals surface area contributed by atoms with Gasteiger partial charge in [-0.05, 0) is 96.3 Å². The first-order valence-corrected chi connectivity index (χ1v) is 34.4. The molecule has 0 heterocycles. The fourth-order valence-corrected chi connectivity index (χ4v) is 9.71. The van der Waals surface area contributed by atoms with Crippen LogP contribution in [0.3, 0.4) is 0 Å². The van der Waals surface area contributed by atoms with E-state index in [9.17, 15) is 14.4 Å². The fourth-order valence-electron chi connectivity index (χ4n) is 9.71. The number of unbranched alkanes of at least 4 members (excludes halogenated alkanes) is 33. The van der Waals surface area contributed by atoms with Crippen LogP contribution < -0.4 is 0 Å². The van der Waals surface area contributed by atoms with E-state index in [4.69, 9.17) is 14.2 Å². The van der Waals surface area contributed by atoms with Crippen LogP contribution in [0.4, 0.5) is 0 Å². The number of ether oxygens (including phenoxy) is 3. The first kappa shape index (κ1) is 77.1. The molecule has 1 unspecified atom stereocenters. The van der Waals surface area contributed by atoms with Crippen LogP contribution in [0.1, 0.15) is 329 Å². The van der Waals surface area contributed by atoms with E-state index in [-0.39, 0.29) is 37.5 Å². The maximum absolute atomic E-state index is 13.0. The minimum absolute atomic E-state index is 0.0948. The van der Waals surface area contributed by atoms with E-state index >= 15 is 0 Å². The molecular formula is C75H128O6. The highest BCUT2D eigenvalue weighted by Gasteiger charge is 2.19. The van der Waals surface area contributed by atoms with Gasteiger partial charge in [-0.2, -0.15) is 0 Å². The highest BCUT2D eigenvalue weighted by Crippen LogP contribution is 2.17. The zero-order valence-electron chi connectivity index (χ0n) is 53.3. The first-order chi connectivity index (χ1) is 40.0. The van der Waals surface area contributed by atoms with Gasteiger partial charge < -0.3 is 14.2 Å². The highest BCUT2D eigenvalue weighted by atomic mass is 16.6. The lowest BCUT2D eigenvalue weighted by Crippen LogP contribution is -2.30. The second-order valence-corrected chi connectivity index (χ2v) is 22.7. The number of allylic oxidation sites excluding steroid dienone is 18. The van der Waals surface area contributed by atoms with Crippen molar-refractivity contribution >= 4 is 17.9 Å². The van der Waals surface area contributed by atoms with E-state index in [0.717, 1.165) is 103 Å². The average Bonchev–Trinajstić information content (AvgIpc) is 3.47. The molecule has 0 radical (unpaired) electrons. The van der Waals surface area contributed by atoms with E-state index in [2.05, 4.69) is 130 Å². The number of rotatable bonds is 62. The summed E-state index contributed by atoms with van der Waals surface area (Å²) in [6.07, 6.45) is 94.0. The van der Waals surface area contributed by atoms with Crippen molar-refractivity contribution in [3.63, 3.8) is 0 Å². The smallest absolute Gasteiger partial charge is 0.306 e. The van der Waals surface area contributed by atoms with Crippen LogP contribution >= 0.6 is 0 Å². The van der Waals surface area contributed by atoms with Crippen LogP contribution in [0.25, 0.3) is 0 Å². The summed E-state index contributed by atoms with van der Waals surface area (Å²) in [5, 5.41) is 0. The molecule has 0 fully saturated rings. The summed E-state index contributed by atoms with van der Waals surface area (Å²) in [6.45, 7) is 6.41. The Morgan fingerprint density at radius 3 is 0.802 bits per heavy atom. The monoisotopic (exact) mass is 1120 g/mol. The van der Waals surface area contributed by atoms with Crippen LogP contribution in [-0.2, 0) is 28.6 Å². The second-order valence-electron chi connectivity index (χ2n) is 22.7. The van der Waals surface area contributed by atoms with Crippen molar-refractivity contribution in [1.82, 2.24) is 0 Å². The Balaban J connectivity index is 4.39. The third kappa shape index (κ3) is 66.8. The van der Waals surface area contributed by atoms with Gasteiger partial charge in [0, 0.05) is 19.3 Å². The molecule has 0 aromatic rings. The number of hydrogen-bond acceptors (Lipinski definition) is 6. The third-order valence-electron chi connectivity index (χ3n) is 14.8. The van der Waals surface area contributed by atoms with E-state index in [1.807, 2.05) is 0 Å². The second kappa shape index (κ2) is 68.6. The van der Waals surface area contributed by atoms with Crippen LogP contribution in [0, 0.1) is 0 Å². The van der Waals surface area contributed by atoms with Gasteiger partial charge in [-0.3, -0.25) is 14.4 Å². The van der Waals surface area contributed by atoms with Crippen molar-refractivity contribution < 1.29 is 28.6 Å². The highest BCUT2D eigenvalue weighted by molar-refractivity contribution is 5.71. The molecule has 1 atom stereocenters. The fraction of sp³-hybridized carbons (Fsp3) is 0.720. The van der Waals surface area contributed by atoms with Crippen molar-refractivity contribution in [2.45, 2.75) is 335 Å². The molecule has 81 heavy (non-hydrogen) atoms. The van der Waals surface area contributed by atoms with E-state index in [0.29, 0.717) is 19.3 Å². The van der Waals surface area contributed by atoms with Gasteiger partial charge in [0.25, 0.3) is 0 Å². The number of hydrogen-bond donors (Lipinski definition) is 0. The Morgan fingerprint density at radius 1 is 0.259 bits per heavy atom. The molecule has 0 aliphatic heterocycles. The van der Waals surface area contributed by atoms with Crippen molar-refractivity contribution in [2.75, 3.05) is 13.2 Å². The quantitative estimate of drug-likeness (QED) is 0.0261. The van der Waals surface area contributed by atoms with Crippen LogP contribution in [0.5, 0.6) is 0 Å². The zero-order valence-corrected chi connectivity index (χ0v) is 53.3. The molecule has 0 N–H and O–H groups in total. The summed E-state index contributed by atoms with van der Waals surface area (Å²) in [5.41, 5.74) is 0. The number of esters is 3. The summed E-state index contributed by atoms with van der Waals surface area (Å²) in [4.78, 5) is 38.4. The van der Waals surface area contributed by atoms with Gasteiger partial charge in [0.1, 0.15) is 13.2 Å². The SMILES string of the molecule is CC/C=C\C/C=C\C/C=C\C/C=C\C/C=C\CCCC(=O)OCC(COC(=O)CCCCCCCCCCCCCC/C=C\C/C=C\C/C=C\C/C=C\CC)OC(=O)CCCCCCCCCCCCCCCCCCCCCCC. The number of carbonyl (C=O) groups excluding carboxylic acids is 3. The molecule has 0 saturated heterocycles. The van der Waals surface area contributed by atoms with Crippen LogP contribution in [0.2, 0.25) is 0 Å². The molecule has 0 amide bonds. The zero-order chi connectivity index (χ0) is 58.5. The van der Waals surface area contributed by atoms with Gasteiger partial charge in [-0.15, -0.1) is 0 Å². The predicted molar refractivity (Wildman–Crippen MR) is 353 cm³/mol. The predicted octanol–water partition coefficient (Wildman–Crippen LogP) is 23.8. The molecule has 0 aromatic heterocycles. The van der Waals surface area contributed by atoms with Crippen LogP contribution in [-0.4, -0.2) is 37.2 Å². The average molecular weight is 1130 g/mol. The maximum Gasteiger partial charge on any atom is 0.306 e. The van der Waals surface area contributed by atoms with Crippen molar-refractivity contribution in [1.29, 1.82) is 0 Å². The van der Waals surface area contributed by atoms with Crippen molar-refractivity contribution in [3.8, 4) is 0 Å². The molecule has 0 spiro atoms. The minimum Gasteiger partial charge on any atom is -0.462 e. The normalized spacial score (nSPS) is 12.8. The van der Waals surface area contributed by atoms with Crippen molar-refractivity contribution in [2.24, 2.45) is 0 Å². The number of carbonyl (C=O) groups is 3. The first-order valence-electron chi connectivity index (χ1n) is 34.4. The Labute approximate surface area is 501 Å². The molecule has 464 valence electrons. The molecule has 0 saturated carbocycles. The van der Waals surface area contributed by atoms with Gasteiger partial charge >= 0.3 is 17.9 Å². The van der Waals surface area contributed by atoms with E-state index in [1.165, 1.54) is 180 Å². The summed E-state index contributed by atoms with van der Waals surface area (Å²) >= 11 is 0. The Morgan fingerprint density at radius 2 is 0.494 bits per heavy atom. The van der Waals surface area contributed by atoms with Gasteiger partial charge in [-0.1, -0.05) is 323 Å². The Hall–Kier alpha value is -3.93. The Bertz CT molecular complexity index is 1620. The van der Waals surface area contributed by atoms with E-state index < -0.39 is 6.10 Å². The lowest BCUT2D eigenvalue weighted by molar-refractivity contribution is -0.167. The molecule has 6 heteroatoms. The van der Waals surface area contributed by atoms with E-state index in [1.54, 1.807) is 0 Å². The molecule has 0 aliphatic carbocycles.